The van der Waals surface area contributed by atoms with Crippen LogP contribution in [0, 0.1) is 0 Å². The highest BCUT2D eigenvalue weighted by atomic mass is 35.5. The van der Waals surface area contributed by atoms with Crippen molar-refractivity contribution in [3.8, 4) is 11.5 Å². The van der Waals surface area contributed by atoms with Crippen LogP contribution in [-0.2, 0) is 19.1 Å². The Morgan fingerprint density at radius 2 is 1.02 bits per heavy atom. The van der Waals surface area contributed by atoms with Gasteiger partial charge in [0.1, 0.15) is 11.5 Å². The quantitative estimate of drug-likeness (QED) is 0.0748. The topological polar surface area (TPSA) is 71.1 Å². The van der Waals surface area contributed by atoms with Gasteiger partial charge in [-0.1, -0.05) is 114 Å². The van der Waals surface area contributed by atoms with Crippen LogP contribution in [0.2, 0.25) is 5.02 Å². The number of esters is 2. The van der Waals surface area contributed by atoms with Gasteiger partial charge >= 0.3 is 11.9 Å². The molecule has 0 fully saturated rings. The molecule has 0 aliphatic rings. The summed E-state index contributed by atoms with van der Waals surface area (Å²) in [6, 6.07) is 13.0. The summed E-state index contributed by atoms with van der Waals surface area (Å²) < 4.78 is 22.9. The molecule has 6 nitrogen and oxygen atoms in total. The van der Waals surface area contributed by atoms with Crippen molar-refractivity contribution in [1.29, 1.82) is 0 Å². The first kappa shape index (κ1) is 32.5. The molecule has 0 aliphatic carbocycles. The van der Waals surface area contributed by atoms with E-state index in [1.165, 1.54) is 38.5 Å². The maximum Gasteiger partial charge on any atom is 0.344 e. The fourth-order valence-electron chi connectivity index (χ4n) is 4.86. The second-order valence-electron chi connectivity index (χ2n) is 10.4. The lowest BCUT2D eigenvalue weighted by atomic mass is 10.0. The van der Waals surface area contributed by atoms with Crippen LogP contribution in [0.4, 0.5) is 0 Å². The van der Waals surface area contributed by atoms with Crippen molar-refractivity contribution in [1.82, 2.24) is 0 Å². The van der Waals surface area contributed by atoms with Gasteiger partial charge in [-0.05, 0) is 31.0 Å². The molecule has 0 aliphatic heterocycles. The Kier molecular flexibility index (Phi) is 14.6. The van der Waals surface area contributed by atoms with Crippen LogP contribution in [0.1, 0.15) is 90.9 Å². The minimum atomic E-state index is -0.411. The van der Waals surface area contributed by atoms with Gasteiger partial charge in [0.05, 0.1) is 13.2 Å². The van der Waals surface area contributed by atoms with Crippen LogP contribution < -0.4 is 9.47 Å². The van der Waals surface area contributed by atoms with Crippen LogP contribution in [-0.4, -0.2) is 38.4 Å². The van der Waals surface area contributed by atoms with Gasteiger partial charge in [0.2, 0.25) is 0 Å². The summed E-state index contributed by atoms with van der Waals surface area (Å²) in [5, 5.41) is 3.46. The van der Waals surface area contributed by atoms with Crippen molar-refractivity contribution < 1.29 is 28.5 Å². The summed E-state index contributed by atoms with van der Waals surface area (Å²) in [4.78, 5) is 24.9. The standard InChI is InChI=1S/C34H45ClO6/c1-3-5-7-9-11-15-21-38-31(36)24-40-33-27-17-13-14-18-28(27)34(30-23-26(35)19-20-29(30)33)41-25-32(37)39-22-16-12-10-8-6-4-2/h13-14,17-20,23H,3-12,15-16,21-22,24-25H2,1-2H3. The van der Waals surface area contributed by atoms with E-state index < -0.39 is 11.9 Å². The number of hydrogen-bond acceptors (Lipinski definition) is 6. The van der Waals surface area contributed by atoms with Gasteiger partial charge in [0, 0.05) is 26.6 Å². The molecule has 0 heterocycles. The van der Waals surface area contributed by atoms with Gasteiger partial charge in [-0.25, -0.2) is 9.59 Å². The molecule has 0 bridgehead atoms. The third kappa shape index (κ3) is 10.7. The number of carbonyl (C=O) groups is 2. The zero-order chi connectivity index (χ0) is 29.3. The van der Waals surface area contributed by atoms with Crippen molar-refractivity contribution in [3.63, 3.8) is 0 Å². The second kappa shape index (κ2) is 18.4. The molecule has 0 radical (unpaired) electrons. The summed E-state index contributed by atoms with van der Waals surface area (Å²) >= 11 is 6.36. The lowest BCUT2D eigenvalue weighted by molar-refractivity contribution is -0.147. The minimum absolute atomic E-state index is 0.206. The molecule has 3 aromatic rings. The number of carbonyl (C=O) groups excluding carboxylic acids is 2. The highest BCUT2D eigenvalue weighted by Gasteiger charge is 2.19. The molecule has 7 heteroatoms. The highest BCUT2D eigenvalue weighted by Crippen LogP contribution is 2.43. The molecule has 224 valence electrons. The molecule has 0 aromatic heterocycles. The third-order valence-electron chi connectivity index (χ3n) is 7.08. The van der Waals surface area contributed by atoms with E-state index in [1.807, 2.05) is 30.3 Å². The number of fused-ring (bicyclic) bond motifs is 2. The zero-order valence-corrected chi connectivity index (χ0v) is 25.4. The molecule has 0 amide bonds. The first-order chi connectivity index (χ1) is 20.0. The van der Waals surface area contributed by atoms with E-state index >= 15 is 0 Å². The number of benzene rings is 3. The van der Waals surface area contributed by atoms with Crippen LogP contribution in [0.25, 0.3) is 21.5 Å². The van der Waals surface area contributed by atoms with Gasteiger partial charge in [0.25, 0.3) is 0 Å². The first-order valence-electron chi connectivity index (χ1n) is 15.3. The van der Waals surface area contributed by atoms with Crippen LogP contribution in [0.15, 0.2) is 42.5 Å². The first-order valence-corrected chi connectivity index (χ1v) is 15.6. The molecule has 41 heavy (non-hydrogen) atoms. The fraction of sp³-hybridized carbons (Fsp3) is 0.529. The molecule has 0 spiro atoms. The van der Waals surface area contributed by atoms with E-state index in [-0.39, 0.29) is 13.2 Å². The Balaban J connectivity index is 1.65. The lowest BCUT2D eigenvalue weighted by Gasteiger charge is -2.18. The Labute approximate surface area is 249 Å². The molecule has 0 saturated carbocycles. The maximum absolute atomic E-state index is 12.5. The lowest BCUT2D eigenvalue weighted by Crippen LogP contribution is -2.17. The molecule has 0 saturated heterocycles. The normalized spacial score (nSPS) is 11.1. The zero-order valence-electron chi connectivity index (χ0n) is 24.7. The largest absolute Gasteiger partial charge is 0.481 e. The third-order valence-corrected chi connectivity index (χ3v) is 7.31. The molecule has 3 rings (SSSR count). The molecule has 0 unspecified atom stereocenters. The maximum atomic E-state index is 12.5. The van der Waals surface area contributed by atoms with Gasteiger partial charge < -0.3 is 18.9 Å². The molecular weight excluding hydrogens is 540 g/mol. The Morgan fingerprint density at radius 1 is 0.585 bits per heavy atom. The second-order valence-corrected chi connectivity index (χ2v) is 10.9. The van der Waals surface area contributed by atoms with E-state index in [4.69, 9.17) is 30.5 Å². The van der Waals surface area contributed by atoms with Crippen LogP contribution in [0.3, 0.4) is 0 Å². The van der Waals surface area contributed by atoms with E-state index in [0.717, 1.165) is 54.7 Å². The van der Waals surface area contributed by atoms with E-state index in [2.05, 4.69) is 13.8 Å². The number of rotatable bonds is 20. The Bertz CT molecular complexity index is 1240. The van der Waals surface area contributed by atoms with Crippen LogP contribution >= 0.6 is 11.6 Å². The van der Waals surface area contributed by atoms with Crippen molar-refractivity contribution in [3.05, 3.63) is 47.5 Å². The molecule has 0 atom stereocenters. The summed E-state index contributed by atoms with van der Waals surface area (Å²) in [6.45, 7) is 4.75. The summed E-state index contributed by atoms with van der Waals surface area (Å²) in [6.07, 6.45) is 13.5. The summed E-state index contributed by atoms with van der Waals surface area (Å²) in [7, 11) is 0. The van der Waals surface area contributed by atoms with Crippen molar-refractivity contribution in [2.75, 3.05) is 26.4 Å². The predicted octanol–water partition coefficient (Wildman–Crippen LogP) is 9.21. The SMILES string of the molecule is CCCCCCCCOC(=O)COc1c2ccccc2c(OCC(=O)OCCCCCCCC)c2cc(Cl)ccc12. The molecule has 0 N–H and O–H groups in total. The van der Waals surface area contributed by atoms with Crippen molar-refractivity contribution in [2.24, 2.45) is 0 Å². The van der Waals surface area contributed by atoms with Crippen molar-refractivity contribution >= 4 is 45.1 Å². The number of ether oxygens (including phenoxy) is 4. The average molecular weight is 585 g/mol. The Morgan fingerprint density at radius 3 is 1.54 bits per heavy atom. The van der Waals surface area contributed by atoms with E-state index in [0.29, 0.717) is 35.1 Å². The highest BCUT2D eigenvalue weighted by molar-refractivity contribution is 6.31. The minimum Gasteiger partial charge on any atom is -0.481 e. The number of halogens is 1. The van der Waals surface area contributed by atoms with Gasteiger partial charge in [0.15, 0.2) is 13.2 Å². The molecule has 3 aromatic carbocycles. The smallest absolute Gasteiger partial charge is 0.344 e. The predicted molar refractivity (Wildman–Crippen MR) is 166 cm³/mol. The number of hydrogen-bond donors (Lipinski definition) is 0. The summed E-state index contributed by atoms with van der Waals surface area (Å²) in [5.74, 6) is 0.249. The van der Waals surface area contributed by atoms with Gasteiger partial charge in [-0.15, -0.1) is 0 Å². The van der Waals surface area contributed by atoms with E-state index in [1.54, 1.807) is 12.1 Å². The van der Waals surface area contributed by atoms with Gasteiger partial charge in [-0.2, -0.15) is 0 Å². The molecular formula is C34H45ClO6. The van der Waals surface area contributed by atoms with E-state index in [9.17, 15) is 9.59 Å². The van der Waals surface area contributed by atoms with Crippen molar-refractivity contribution in [2.45, 2.75) is 90.9 Å². The fourth-order valence-corrected chi connectivity index (χ4v) is 5.04. The van der Waals surface area contributed by atoms with Gasteiger partial charge in [-0.3, -0.25) is 0 Å². The van der Waals surface area contributed by atoms with Crippen LogP contribution in [0.5, 0.6) is 11.5 Å². The number of unbranched alkanes of at least 4 members (excludes halogenated alkanes) is 10. The monoisotopic (exact) mass is 584 g/mol. The summed E-state index contributed by atoms with van der Waals surface area (Å²) in [5.41, 5.74) is 0. The Hall–Kier alpha value is -2.99. The average Bonchev–Trinajstić information content (AvgIpc) is 2.97.